The third kappa shape index (κ3) is 4.37. The van der Waals surface area contributed by atoms with Gasteiger partial charge in [-0.2, -0.15) is 0 Å². The molecule has 2 unspecified atom stereocenters. The molecule has 0 spiro atoms. The van der Waals surface area contributed by atoms with Crippen molar-refractivity contribution in [3.05, 3.63) is 53.5 Å². The standard InChI is InChI=1S/C16H22FN3O/c1-11(16(18)15-7-5-13(17)8-19-15)9-20(3)10-14-6-4-12(2)21-14/h4-8,11,16H,9-10,18H2,1-3H3. The van der Waals surface area contributed by atoms with Crippen LogP contribution in [-0.2, 0) is 6.54 Å². The fourth-order valence-electron chi connectivity index (χ4n) is 2.38. The third-order valence-corrected chi connectivity index (χ3v) is 3.53. The van der Waals surface area contributed by atoms with Crippen LogP contribution in [0.25, 0.3) is 0 Å². The summed E-state index contributed by atoms with van der Waals surface area (Å²) in [6.45, 7) is 5.55. The highest BCUT2D eigenvalue weighted by Gasteiger charge is 2.18. The van der Waals surface area contributed by atoms with E-state index in [0.717, 1.165) is 24.6 Å². The molecule has 5 heteroatoms. The van der Waals surface area contributed by atoms with E-state index in [1.165, 1.54) is 12.3 Å². The average Bonchev–Trinajstić information content (AvgIpc) is 2.83. The highest BCUT2D eigenvalue weighted by Crippen LogP contribution is 2.19. The number of hydrogen-bond donors (Lipinski definition) is 1. The molecule has 0 aliphatic heterocycles. The Kier molecular flexibility index (Phi) is 5.09. The average molecular weight is 291 g/mol. The van der Waals surface area contributed by atoms with E-state index in [0.29, 0.717) is 5.69 Å². The number of hydrogen-bond acceptors (Lipinski definition) is 4. The van der Waals surface area contributed by atoms with E-state index in [-0.39, 0.29) is 17.8 Å². The fourth-order valence-corrected chi connectivity index (χ4v) is 2.38. The summed E-state index contributed by atoms with van der Waals surface area (Å²) in [5.74, 6) is 1.71. The van der Waals surface area contributed by atoms with Crippen molar-refractivity contribution in [2.75, 3.05) is 13.6 Å². The molecule has 114 valence electrons. The lowest BCUT2D eigenvalue weighted by Gasteiger charge is -2.24. The zero-order chi connectivity index (χ0) is 15.4. The van der Waals surface area contributed by atoms with Gasteiger partial charge in [0.25, 0.3) is 0 Å². The summed E-state index contributed by atoms with van der Waals surface area (Å²) < 4.78 is 18.5. The van der Waals surface area contributed by atoms with Crippen LogP contribution in [0.1, 0.15) is 30.2 Å². The summed E-state index contributed by atoms with van der Waals surface area (Å²) in [6, 6.07) is 6.77. The zero-order valence-electron chi connectivity index (χ0n) is 12.7. The van der Waals surface area contributed by atoms with Gasteiger partial charge in [0, 0.05) is 6.54 Å². The van der Waals surface area contributed by atoms with E-state index in [9.17, 15) is 4.39 Å². The number of halogens is 1. The molecule has 0 saturated carbocycles. The maximum atomic E-state index is 12.9. The van der Waals surface area contributed by atoms with Gasteiger partial charge in [0.15, 0.2) is 0 Å². The van der Waals surface area contributed by atoms with Crippen LogP contribution in [0.5, 0.6) is 0 Å². The van der Waals surface area contributed by atoms with Gasteiger partial charge in [-0.15, -0.1) is 0 Å². The van der Waals surface area contributed by atoms with E-state index >= 15 is 0 Å². The number of furan rings is 1. The summed E-state index contributed by atoms with van der Waals surface area (Å²) in [5.41, 5.74) is 6.91. The van der Waals surface area contributed by atoms with Crippen LogP contribution in [0.15, 0.2) is 34.9 Å². The molecular formula is C16H22FN3O. The van der Waals surface area contributed by atoms with Crippen LogP contribution in [0.3, 0.4) is 0 Å². The maximum Gasteiger partial charge on any atom is 0.141 e. The maximum absolute atomic E-state index is 12.9. The predicted octanol–water partition coefficient (Wildman–Crippen LogP) is 2.89. The lowest BCUT2D eigenvalue weighted by molar-refractivity contribution is 0.238. The van der Waals surface area contributed by atoms with Crippen LogP contribution < -0.4 is 5.73 Å². The first-order valence-electron chi connectivity index (χ1n) is 7.06. The second-order valence-corrected chi connectivity index (χ2v) is 5.61. The Morgan fingerprint density at radius 2 is 2.10 bits per heavy atom. The van der Waals surface area contributed by atoms with Gasteiger partial charge in [-0.05, 0) is 44.2 Å². The first-order valence-corrected chi connectivity index (χ1v) is 7.06. The second-order valence-electron chi connectivity index (χ2n) is 5.61. The zero-order valence-corrected chi connectivity index (χ0v) is 12.7. The molecular weight excluding hydrogens is 269 g/mol. The van der Waals surface area contributed by atoms with Gasteiger partial charge < -0.3 is 10.2 Å². The first kappa shape index (κ1) is 15.7. The van der Waals surface area contributed by atoms with E-state index in [1.54, 1.807) is 6.07 Å². The second kappa shape index (κ2) is 6.83. The Hall–Kier alpha value is -1.72. The third-order valence-electron chi connectivity index (χ3n) is 3.53. The molecule has 0 aliphatic carbocycles. The lowest BCUT2D eigenvalue weighted by atomic mass is 9.98. The molecule has 4 nitrogen and oxygen atoms in total. The largest absolute Gasteiger partial charge is 0.465 e. The Bertz CT molecular complexity index is 567. The van der Waals surface area contributed by atoms with E-state index in [4.69, 9.17) is 10.2 Å². The summed E-state index contributed by atoms with van der Waals surface area (Å²) in [6.07, 6.45) is 1.21. The minimum Gasteiger partial charge on any atom is -0.465 e. The van der Waals surface area contributed by atoms with E-state index in [1.807, 2.05) is 26.1 Å². The van der Waals surface area contributed by atoms with E-state index < -0.39 is 0 Å². The van der Waals surface area contributed by atoms with Crippen LogP contribution >= 0.6 is 0 Å². The molecule has 2 rings (SSSR count). The molecule has 2 N–H and O–H groups in total. The normalized spacial score (nSPS) is 14.4. The first-order chi connectivity index (χ1) is 9.95. The van der Waals surface area contributed by atoms with Crippen molar-refractivity contribution in [3.8, 4) is 0 Å². The number of pyridine rings is 1. The van der Waals surface area contributed by atoms with Crippen molar-refractivity contribution in [2.24, 2.45) is 11.7 Å². The number of aromatic nitrogens is 1. The van der Waals surface area contributed by atoms with Crippen LogP contribution in [0.2, 0.25) is 0 Å². The topological polar surface area (TPSA) is 55.3 Å². The van der Waals surface area contributed by atoms with Crippen LogP contribution in [0, 0.1) is 18.7 Å². The molecule has 2 heterocycles. The Balaban J connectivity index is 1.90. The van der Waals surface area contributed by atoms with Gasteiger partial charge in [-0.3, -0.25) is 9.88 Å². The van der Waals surface area contributed by atoms with Crippen molar-refractivity contribution in [2.45, 2.75) is 26.4 Å². The van der Waals surface area contributed by atoms with Crippen molar-refractivity contribution < 1.29 is 8.81 Å². The molecule has 0 amide bonds. The smallest absolute Gasteiger partial charge is 0.141 e. The number of nitrogens with two attached hydrogens (primary N) is 1. The molecule has 0 aromatic carbocycles. The summed E-state index contributed by atoms with van der Waals surface area (Å²) in [4.78, 5) is 6.22. The molecule has 0 fully saturated rings. The monoisotopic (exact) mass is 291 g/mol. The molecule has 0 bridgehead atoms. The Morgan fingerprint density at radius 3 is 2.67 bits per heavy atom. The van der Waals surface area contributed by atoms with Crippen molar-refractivity contribution in [3.63, 3.8) is 0 Å². The lowest BCUT2D eigenvalue weighted by Crippen LogP contribution is -2.31. The van der Waals surface area contributed by atoms with Gasteiger partial charge in [-0.25, -0.2) is 4.39 Å². The Labute approximate surface area is 124 Å². The number of aryl methyl sites for hydroxylation is 1. The minimum atomic E-state index is -0.344. The van der Waals surface area contributed by atoms with E-state index in [2.05, 4.69) is 16.8 Å². The minimum absolute atomic E-state index is 0.198. The molecule has 0 radical (unpaired) electrons. The number of rotatable bonds is 6. The van der Waals surface area contributed by atoms with Crippen molar-refractivity contribution in [1.29, 1.82) is 0 Å². The van der Waals surface area contributed by atoms with Gasteiger partial charge in [-0.1, -0.05) is 6.92 Å². The summed E-state index contributed by atoms with van der Waals surface area (Å²) in [7, 11) is 2.03. The molecule has 2 aromatic heterocycles. The fraction of sp³-hybridized carbons (Fsp3) is 0.438. The molecule has 21 heavy (non-hydrogen) atoms. The van der Waals surface area contributed by atoms with Gasteiger partial charge in [0.1, 0.15) is 17.3 Å². The van der Waals surface area contributed by atoms with Crippen LogP contribution in [0.4, 0.5) is 4.39 Å². The molecule has 2 aromatic rings. The SMILES string of the molecule is Cc1ccc(CN(C)CC(C)C(N)c2ccc(F)cn2)o1. The van der Waals surface area contributed by atoms with Crippen LogP contribution in [-0.4, -0.2) is 23.5 Å². The summed E-state index contributed by atoms with van der Waals surface area (Å²) >= 11 is 0. The molecule has 2 atom stereocenters. The predicted molar refractivity (Wildman–Crippen MR) is 80.1 cm³/mol. The van der Waals surface area contributed by atoms with Crippen molar-refractivity contribution in [1.82, 2.24) is 9.88 Å². The quantitative estimate of drug-likeness (QED) is 0.889. The highest BCUT2D eigenvalue weighted by atomic mass is 19.1. The van der Waals surface area contributed by atoms with Gasteiger partial charge in [0.2, 0.25) is 0 Å². The molecule has 0 aliphatic rings. The highest BCUT2D eigenvalue weighted by molar-refractivity contribution is 5.10. The Morgan fingerprint density at radius 1 is 1.33 bits per heavy atom. The van der Waals surface area contributed by atoms with Crippen molar-refractivity contribution >= 4 is 0 Å². The van der Waals surface area contributed by atoms with Gasteiger partial charge in [0.05, 0.1) is 24.5 Å². The van der Waals surface area contributed by atoms with Gasteiger partial charge >= 0.3 is 0 Å². The molecule has 0 saturated heterocycles. The summed E-state index contributed by atoms with van der Waals surface area (Å²) in [5, 5.41) is 0. The number of nitrogens with zero attached hydrogens (tertiary/aromatic N) is 2.